The second-order valence-corrected chi connectivity index (χ2v) is 11.7. The number of aromatic nitrogens is 1. The van der Waals surface area contributed by atoms with E-state index in [0.29, 0.717) is 44.0 Å². The molecule has 1 aliphatic rings. The Morgan fingerprint density at radius 3 is 2.47 bits per heavy atom. The molecular formula is C32H27BrFN3O7S. The zero-order valence-electron chi connectivity index (χ0n) is 24.4. The average Bonchev–Trinajstić information content (AvgIpc) is 3.30. The minimum Gasteiger partial charge on any atom is -0.494 e. The van der Waals surface area contributed by atoms with Crippen LogP contribution in [0.4, 0.5) is 10.1 Å². The fraction of sp³-hybridized carbons (Fsp3) is 0.219. The molecule has 0 saturated carbocycles. The van der Waals surface area contributed by atoms with Gasteiger partial charge in [0.25, 0.3) is 5.56 Å². The molecule has 45 heavy (non-hydrogen) atoms. The summed E-state index contributed by atoms with van der Waals surface area (Å²) in [7, 11) is 0. The Morgan fingerprint density at radius 2 is 1.82 bits per heavy atom. The monoisotopic (exact) mass is 695 g/mol. The normalized spacial score (nSPS) is 14.5. The number of fused-ring (bicyclic) bond motifs is 1. The van der Waals surface area contributed by atoms with Crippen molar-refractivity contribution in [3.63, 3.8) is 0 Å². The highest BCUT2D eigenvalue weighted by molar-refractivity contribution is 9.10. The summed E-state index contributed by atoms with van der Waals surface area (Å²) in [5, 5.41) is 12.0. The Labute approximate surface area is 269 Å². The number of rotatable bonds is 10. The summed E-state index contributed by atoms with van der Waals surface area (Å²) in [5.41, 5.74) is 1.56. The van der Waals surface area contributed by atoms with E-state index in [2.05, 4.69) is 20.9 Å². The number of allylic oxidation sites excluding steroid dienone is 1. The highest BCUT2D eigenvalue weighted by Gasteiger charge is 2.33. The lowest BCUT2D eigenvalue weighted by Crippen LogP contribution is -2.39. The first kappa shape index (κ1) is 31.8. The molecule has 5 rings (SSSR count). The summed E-state index contributed by atoms with van der Waals surface area (Å²) in [6.07, 6.45) is 1.53. The molecule has 4 aromatic rings. The Bertz CT molecular complexity index is 1990. The third-order valence-corrected chi connectivity index (χ3v) is 8.43. The molecule has 3 aromatic carbocycles. The molecule has 13 heteroatoms. The molecule has 0 bridgehead atoms. The number of carbonyl (C=O) groups excluding carboxylic acids is 1. The maximum atomic E-state index is 13.9. The largest absolute Gasteiger partial charge is 0.494 e. The summed E-state index contributed by atoms with van der Waals surface area (Å²) in [6, 6.07) is 14.8. The van der Waals surface area contributed by atoms with Crippen LogP contribution in [-0.2, 0) is 16.1 Å². The molecule has 0 amide bonds. The van der Waals surface area contributed by atoms with Gasteiger partial charge in [0.1, 0.15) is 18.2 Å². The van der Waals surface area contributed by atoms with Crippen LogP contribution in [0.15, 0.2) is 86.2 Å². The maximum Gasteiger partial charge on any atom is 0.338 e. The van der Waals surface area contributed by atoms with Crippen LogP contribution in [0.3, 0.4) is 0 Å². The Balaban J connectivity index is 1.58. The van der Waals surface area contributed by atoms with Gasteiger partial charge in [-0.15, -0.1) is 0 Å². The molecule has 2 heterocycles. The number of thiazole rings is 1. The molecule has 1 aliphatic heterocycles. The fourth-order valence-electron chi connectivity index (χ4n) is 4.87. The minimum absolute atomic E-state index is 0.00635. The standard InChI is InChI=1S/C32H27BrFN3O7S/c1-4-42-23-12-8-21(9-13-23)28-27(31(39)43-5-2)18(3)35-32-36(28)30(38)26(45-32)16-20-14-24(33)29(25(15-20)37(40)41)44-17-19-6-10-22(34)11-7-19/h6-16,28H,4-5,17H2,1-3H3/b26-16-/t28-/m0/s1. The number of nitro benzene ring substituents is 1. The first-order valence-corrected chi connectivity index (χ1v) is 15.5. The molecule has 1 aromatic heterocycles. The molecule has 0 fully saturated rings. The number of hydrogen-bond acceptors (Lipinski definition) is 9. The van der Waals surface area contributed by atoms with E-state index in [1.54, 1.807) is 44.2 Å². The van der Waals surface area contributed by atoms with Crippen LogP contribution < -0.4 is 24.4 Å². The number of nitro groups is 1. The molecular weight excluding hydrogens is 669 g/mol. The number of benzene rings is 3. The van der Waals surface area contributed by atoms with E-state index < -0.39 is 28.3 Å². The predicted octanol–water partition coefficient (Wildman–Crippen LogP) is 5.59. The molecule has 0 N–H and O–H groups in total. The summed E-state index contributed by atoms with van der Waals surface area (Å²) in [4.78, 5) is 43.4. The quantitative estimate of drug-likeness (QED) is 0.121. The number of carbonyl (C=O) groups is 1. The van der Waals surface area contributed by atoms with Crippen molar-refractivity contribution in [2.75, 3.05) is 13.2 Å². The van der Waals surface area contributed by atoms with Crippen LogP contribution >= 0.6 is 27.3 Å². The van der Waals surface area contributed by atoms with Crippen molar-refractivity contribution in [3.05, 3.63) is 129 Å². The summed E-state index contributed by atoms with van der Waals surface area (Å²) in [5.74, 6) is -0.348. The van der Waals surface area contributed by atoms with Crippen molar-refractivity contribution in [2.24, 2.45) is 4.99 Å². The number of halogens is 2. The van der Waals surface area contributed by atoms with Gasteiger partial charge in [0.2, 0.25) is 5.75 Å². The van der Waals surface area contributed by atoms with Crippen LogP contribution in [0.25, 0.3) is 6.08 Å². The van der Waals surface area contributed by atoms with E-state index in [1.165, 1.54) is 41.0 Å². The van der Waals surface area contributed by atoms with Crippen LogP contribution in [-0.4, -0.2) is 28.7 Å². The molecule has 0 spiro atoms. The van der Waals surface area contributed by atoms with E-state index in [-0.39, 0.29) is 34.8 Å². The van der Waals surface area contributed by atoms with Gasteiger partial charge >= 0.3 is 11.7 Å². The zero-order chi connectivity index (χ0) is 32.2. The van der Waals surface area contributed by atoms with E-state index >= 15 is 0 Å². The van der Waals surface area contributed by atoms with Gasteiger partial charge in [-0.1, -0.05) is 35.6 Å². The van der Waals surface area contributed by atoms with Gasteiger partial charge in [0.05, 0.1) is 44.5 Å². The van der Waals surface area contributed by atoms with Crippen molar-refractivity contribution < 1.29 is 28.3 Å². The van der Waals surface area contributed by atoms with E-state index in [0.717, 1.165) is 11.3 Å². The van der Waals surface area contributed by atoms with Crippen LogP contribution in [0.1, 0.15) is 43.5 Å². The molecule has 0 saturated heterocycles. The molecule has 0 aliphatic carbocycles. The van der Waals surface area contributed by atoms with E-state index in [9.17, 15) is 24.1 Å². The van der Waals surface area contributed by atoms with Gasteiger partial charge in [-0.2, -0.15) is 0 Å². The zero-order valence-corrected chi connectivity index (χ0v) is 26.8. The van der Waals surface area contributed by atoms with Crippen molar-refractivity contribution in [1.29, 1.82) is 0 Å². The van der Waals surface area contributed by atoms with Gasteiger partial charge < -0.3 is 14.2 Å². The smallest absolute Gasteiger partial charge is 0.338 e. The Kier molecular flexibility index (Phi) is 9.59. The second-order valence-electron chi connectivity index (χ2n) is 9.83. The highest BCUT2D eigenvalue weighted by atomic mass is 79.9. The lowest BCUT2D eigenvalue weighted by Gasteiger charge is -2.24. The maximum absolute atomic E-state index is 13.9. The molecule has 232 valence electrons. The Morgan fingerprint density at radius 1 is 1.11 bits per heavy atom. The first-order valence-electron chi connectivity index (χ1n) is 13.9. The average molecular weight is 697 g/mol. The lowest BCUT2D eigenvalue weighted by atomic mass is 9.96. The van der Waals surface area contributed by atoms with Crippen molar-refractivity contribution in [3.8, 4) is 11.5 Å². The highest BCUT2D eigenvalue weighted by Crippen LogP contribution is 2.37. The van der Waals surface area contributed by atoms with Gasteiger partial charge in [-0.25, -0.2) is 14.2 Å². The SMILES string of the molecule is CCOC(=O)C1=C(C)N=c2s/c(=C\c3cc(Br)c(OCc4ccc(F)cc4)c([N+](=O)[O-])c3)c(=O)n2[C@H]1c1ccc(OCC)cc1. The minimum atomic E-state index is -0.818. The van der Waals surface area contributed by atoms with Crippen LogP contribution in [0.2, 0.25) is 0 Å². The third-order valence-electron chi connectivity index (χ3n) is 6.86. The van der Waals surface area contributed by atoms with Crippen molar-refractivity contribution >= 4 is 45.0 Å². The van der Waals surface area contributed by atoms with Gasteiger partial charge in [-0.05, 0) is 89.8 Å². The van der Waals surface area contributed by atoms with Crippen LogP contribution in [0, 0.1) is 15.9 Å². The fourth-order valence-corrected chi connectivity index (χ4v) is 6.50. The predicted molar refractivity (Wildman–Crippen MR) is 170 cm³/mol. The molecule has 0 radical (unpaired) electrons. The topological polar surface area (TPSA) is 122 Å². The molecule has 10 nitrogen and oxygen atoms in total. The number of ether oxygens (including phenoxy) is 3. The van der Waals surface area contributed by atoms with E-state index in [1.807, 2.05) is 6.92 Å². The number of nitrogens with zero attached hydrogens (tertiary/aromatic N) is 3. The molecule has 0 unspecified atom stereocenters. The summed E-state index contributed by atoms with van der Waals surface area (Å²) >= 11 is 4.47. The third kappa shape index (κ3) is 6.74. The van der Waals surface area contributed by atoms with Crippen molar-refractivity contribution in [1.82, 2.24) is 4.57 Å². The summed E-state index contributed by atoms with van der Waals surface area (Å²) < 4.78 is 31.9. The van der Waals surface area contributed by atoms with Gasteiger partial charge in [0.15, 0.2) is 4.80 Å². The Hall–Kier alpha value is -4.62. The van der Waals surface area contributed by atoms with Gasteiger partial charge in [-0.3, -0.25) is 19.5 Å². The second kappa shape index (κ2) is 13.6. The van der Waals surface area contributed by atoms with Crippen molar-refractivity contribution in [2.45, 2.75) is 33.4 Å². The lowest BCUT2D eigenvalue weighted by molar-refractivity contribution is -0.386. The summed E-state index contributed by atoms with van der Waals surface area (Å²) in [6.45, 7) is 5.87. The number of esters is 1. The van der Waals surface area contributed by atoms with Crippen LogP contribution in [0.5, 0.6) is 11.5 Å². The first-order chi connectivity index (χ1) is 21.6. The number of hydrogen-bond donors (Lipinski definition) is 0. The molecule has 1 atom stereocenters. The van der Waals surface area contributed by atoms with E-state index in [4.69, 9.17) is 14.2 Å². The van der Waals surface area contributed by atoms with Gasteiger partial charge in [0, 0.05) is 6.07 Å².